The molecule has 0 spiro atoms. The van der Waals surface area contributed by atoms with Crippen LogP contribution in [0.25, 0.3) is 0 Å². The summed E-state index contributed by atoms with van der Waals surface area (Å²) < 4.78 is 59.7. The average molecular weight is 948 g/mol. The van der Waals surface area contributed by atoms with E-state index in [1.54, 1.807) is 0 Å². The molecule has 14 heteroatoms. The molecule has 7 rings (SSSR count). The quantitative estimate of drug-likeness (QED) is 0.0674. The van der Waals surface area contributed by atoms with Gasteiger partial charge in [-0.05, 0) is 32.1 Å². The Balaban J connectivity index is 1.29. The third kappa shape index (κ3) is 12.6. The van der Waals surface area contributed by atoms with Crippen molar-refractivity contribution in [3.63, 3.8) is 0 Å². The standard InChI is InChI=1S/C54H65NO12Si/c1-37(56)55-46-47(58)48(45(65-52(46)59-6)36-63-68(54(3,4)5,42-28-18-10-19-29-42)43-30-20-11-21-31-43)67-53-51(64-38(2)57)50(62-34-41-26-16-9-17-27-41)49(61-33-40-24-14-8-15-25-40)44(66-53)35-60-32-39-22-12-7-13-23-39/h7-31,44-53,58H,32-36H2,1-6H3,(H,55,56)/t44-,45-,46-,47-,48-,49-,50+,51-,52-,53+/m1/s1. The van der Waals surface area contributed by atoms with Crippen LogP contribution >= 0.6 is 0 Å². The zero-order valence-corrected chi connectivity index (χ0v) is 40.7. The fraction of sp³-hybridized carbons (Fsp3) is 0.407. The number of benzene rings is 5. The van der Waals surface area contributed by atoms with Crippen LogP contribution in [-0.4, -0.2) is 107 Å². The molecule has 2 aliphatic rings. The number of esters is 1. The lowest BCUT2D eigenvalue weighted by Gasteiger charge is -2.50. The molecule has 10 atom stereocenters. The molecular formula is C54H65NO12Si. The van der Waals surface area contributed by atoms with Gasteiger partial charge < -0.3 is 52.7 Å². The van der Waals surface area contributed by atoms with E-state index in [9.17, 15) is 14.7 Å². The molecule has 362 valence electrons. The third-order valence-electron chi connectivity index (χ3n) is 12.3. The molecule has 2 N–H and O–H groups in total. The summed E-state index contributed by atoms with van der Waals surface area (Å²) in [6.07, 6.45) is -10.2. The maximum absolute atomic E-state index is 13.2. The van der Waals surface area contributed by atoms with Gasteiger partial charge in [-0.1, -0.05) is 172 Å². The first-order valence-electron chi connectivity index (χ1n) is 23.2. The second-order valence-corrected chi connectivity index (χ2v) is 22.5. The van der Waals surface area contributed by atoms with Crippen LogP contribution in [-0.2, 0) is 71.7 Å². The average Bonchev–Trinajstić information content (AvgIpc) is 3.34. The molecule has 13 nitrogen and oxygen atoms in total. The maximum atomic E-state index is 13.2. The van der Waals surface area contributed by atoms with Gasteiger partial charge in [0.25, 0.3) is 8.32 Å². The first kappa shape index (κ1) is 50.8. The zero-order chi connectivity index (χ0) is 48.1. The summed E-state index contributed by atoms with van der Waals surface area (Å²) in [4.78, 5) is 25.9. The van der Waals surface area contributed by atoms with E-state index in [0.717, 1.165) is 27.1 Å². The van der Waals surface area contributed by atoms with Crippen LogP contribution in [0, 0.1) is 0 Å². The van der Waals surface area contributed by atoms with E-state index in [1.165, 1.54) is 21.0 Å². The van der Waals surface area contributed by atoms with Gasteiger partial charge >= 0.3 is 5.97 Å². The van der Waals surface area contributed by atoms with Gasteiger partial charge in [0, 0.05) is 21.0 Å². The summed E-state index contributed by atoms with van der Waals surface area (Å²) in [5, 5.41) is 17.0. The SMILES string of the molecule is CO[C@@H]1O[C@H](CO[Si](c2ccccc2)(c2ccccc2)C(C)(C)C)[C@@H](O[C@@H]2O[C@H](COCc3ccccc3)[C@@H](OCc3ccccc3)[C@H](OCc3ccccc3)[C@H]2OC(C)=O)[C@H](O)[C@H]1NC(C)=O. The van der Waals surface area contributed by atoms with Crippen LogP contribution in [0.5, 0.6) is 0 Å². The van der Waals surface area contributed by atoms with Crippen molar-refractivity contribution < 1.29 is 57.0 Å². The smallest absolute Gasteiger partial charge is 0.303 e. The Kier molecular flexibility index (Phi) is 17.9. The number of methoxy groups -OCH3 is 1. The van der Waals surface area contributed by atoms with Crippen molar-refractivity contribution in [2.45, 2.75) is 121 Å². The highest BCUT2D eigenvalue weighted by Gasteiger charge is 2.56. The Morgan fingerprint density at radius 2 is 1.06 bits per heavy atom. The molecule has 0 saturated carbocycles. The van der Waals surface area contributed by atoms with Gasteiger partial charge in [-0.2, -0.15) is 0 Å². The summed E-state index contributed by atoms with van der Waals surface area (Å²) in [6, 6.07) is 48.3. The van der Waals surface area contributed by atoms with E-state index in [4.69, 9.17) is 42.3 Å². The summed E-state index contributed by atoms with van der Waals surface area (Å²) in [5.41, 5.74) is 2.73. The van der Waals surface area contributed by atoms with Gasteiger partial charge in [-0.3, -0.25) is 9.59 Å². The van der Waals surface area contributed by atoms with Crippen LogP contribution in [0.1, 0.15) is 51.3 Å². The van der Waals surface area contributed by atoms with Crippen LogP contribution in [0.4, 0.5) is 0 Å². The van der Waals surface area contributed by atoms with E-state index in [1.807, 2.05) is 127 Å². The van der Waals surface area contributed by atoms with Crippen molar-refractivity contribution in [1.29, 1.82) is 0 Å². The van der Waals surface area contributed by atoms with Gasteiger partial charge in [0.15, 0.2) is 18.7 Å². The molecule has 0 radical (unpaired) electrons. The van der Waals surface area contributed by atoms with Gasteiger partial charge in [-0.15, -0.1) is 0 Å². The lowest BCUT2D eigenvalue weighted by Crippen LogP contribution is -2.70. The predicted octanol–water partition coefficient (Wildman–Crippen LogP) is 6.23. The largest absolute Gasteiger partial charge is 0.454 e. The normalized spacial score (nSPS) is 25.3. The number of nitrogens with one attached hydrogen (secondary N) is 1. The van der Waals surface area contributed by atoms with Crippen LogP contribution in [0.3, 0.4) is 0 Å². The second-order valence-electron chi connectivity index (χ2n) is 18.2. The second kappa shape index (κ2) is 24.0. The Hall–Kier alpha value is -5.10. The van der Waals surface area contributed by atoms with Crippen molar-refractivity contribution in [2.75, 3.05) is 20.3 Å². The summed E-state index contributed by atoms with van der Waals surface area (Å²) in [6.45, 7) is 9.68. The minimum absolute atomic E-state index is 0.0244. The van der Waals surface area contributed by atoms with Gasteiger partial charge in [0.05, 0.1) is 33.0 Å². The molecule has 0 aromatic heterocycles. The Morgan fingerprint density at radius 1 is 0.603 bits per heavy atom. The van der Waals surface area contributed by atoms with E-state index in [-0.39, 0.29) is 33.0 Å². The van der Waals surface area contributed by atoms with E-state index in [2.05, 4.69) is 50.4 Å². The monoisotopic (exact) mass is 947 g/mol. The van der Waals surface area contributed by atoms with Gasteiger partial charge in [-0.25, -0.2) is 0 Å². The maximum Gasteiger partial charge on any atom is 0.303 e. The van der Waals surface area contributed by atoms with Crippen LogP contribution in [0.2, 0.25) is 5.04 Å². The highest BCUT2D eigenvalue weighted by molar-refractivity contribution is 6.99. The zero-order valence-electron chi connectivity index (χ0n) is 39.7. The molecule has 2 heterocycles. The third-order valence-corrected chi connectivity index (χ3v) is 17.3. The number of ether oxygens (including phenoxy) is 8. The molecule has 5 aromatic carbocycles. The minimum atomic E-state index is -3.18. The van der Waals surface area contributed by atoms with Gasteiger partial charge in [0.1, 0.15) is 42.7 Å². The summed E-state index contributed by atoms with van der Waals surface area (Å²) in [7, 11) is -1.74. The first-order chi connectivity index (χ1) is 32.9. The van der Waals surface area contributed by atoms with Crippen LogP contribution in [0.15, 0.2) is 152 Å². The number of carbonyl (C=O) groups excluding carboxylic acids is 2. The number of hydrogen-bond acceptors (Lipinski definition) is 12. The van der Waals surface area contributed by atoms with Crippen molar-refractivity contribution in [3.05, 3.63) is 168 Å². The van der Waals surface area contributed by atoms with Crippen molar-refractivity contribution in [1.82, 2.24) is 5.32 Å². The van der Waals surface area contributed by atoms with E-state index < -0.39 is 86.6 Å². The number of amides is 1. The van der Waals surface area contributed by atoms with Crippen LogP contribution < -0.4 is 15.7 Å². The van der Waals surface area contributed by atoms with Crippen molar-refractivity contribution in [3.8, 4) is 0 Å². The van der Waals surface area contributed by atoms with E-state index >= 15 is 0 Å². The number of rotatable bonds is 20. The fourth-order valence-corrected chi connectivity index (χ4v) is 13.7. The number of aliphatic hydroxyl groups excluding tert-OH is 1. The molecule has 1 amide bonds. The minimum Gasteiger partial charge on any atom is -0.454 e. The molecule has 68 heavy (non-hydrogen) atoms. The molecular weight excluding hydrogens is 883 g/mol. The molecule has 5 aromatic rings. The molecule has 2 fully saturated rings. The highest BCUT2D eigenvalue weighted by atomic mass is 28.4. The highest BCUT2D eigenvalue weighted by Crippen LogP contribution is 2.39. The van der Waals surface area contributed by atoms with Gasteiger partial charge in [0.2, 0.25) is 5.91 Å². The lowest BCUT2D eigenvalue weighted by atomic mass is 9.95. The number of aliphatic hydroxyl groups is 1. The molecule has 0 unspecified atom stereocenters. The Morgan fingerprint density at radius 3 is 1.53 bits per heavy atom. The summed E-state index contributed by atoms with van der Waals surface area (Å²) >= 11 is 0. The lowest BCUT2D eigenvalue weighted by molar-refractivity contribution is -0.355. The molecule has 0 aliphatic carbocycles. The Bertz CT molecular complexity index is 2250. The van der Waals surface area contributed by atoms with Crippen molar-refractivity contribution in [2.24, 2.45) is 0 Å². The summed E-state index contributed by atoms with van der Waals surface area (Å²) in [5.74, 6) is -1.04. The topological polar surface area (TPSA) is 149 Å². The molecule has 2 aliphatic heterocycles. The predicted molar refractivity (Wildman–Crippen MR) is 258 cm³/mol. The number of hydrogen-bond donors (Lipinski definition) is 2. The fourth-order valence-electron chi connectivity index (χ4n) is 9.17. The molecule has 0 bridgehead atoms. The number of carbonyl (C=O) groups is 2. The Labute approximate surface area is 401 Å². The van der Waals surface area contributed by atoms with E-state index in [0.29, 0.717) is 0 Å². The van der Waals surface area contributed by atoms with Crippen molar-refractivity contribution >= 4 is 30.6 Å². The first-order valence-corrected chi connectivity index (χ1v) is 25.1. The molecule has 2 saturated heterocycles.